The van der Waals surface area contributed by atoms with Crippen molar-refractivity contribution in [3.05, 3.63) is 28.3 Å². The fourth-order valence-electron chi connectivity index (χ4n) is 4.01. The van der Waals surface area contributed by atoms with Crippen LogP contribution in [0.2, 0.25) is 0 Å². The van der Waals surface area contributed by atoms with E-state index in [-0.39, 0.29) is 5.25 Å². The number of aryl methyl sites for hydroxylation is 2. The van der Waals surface area contributed by atoms with Crippen molar-refractivity contribution in [3.8, 4) is 0 Å². The molecule has 0 heterocycles. The molecule has 4 rings (SSSR count). The Morgan fingerprint density at radius 2 is 1.70 bits per heavy atom. The van der Waals surface area contributed by atoms with Crippen molar-refractivity contribution < 1.29 is 9.00 Å². The second-order valence-corrected chi connectivity index (χ2v) is 9.00. The molecule has 124 valence electrons. The van der Waals surface area contributed by atoms with Crippen molar-refractivity contribution in [2.75, 3.05) is 5.32 Å². The van der Waals surface area contributed by atoms with Gasteiger partial charge >= 0.3 is 6.03 Å². The maximum Gasteiger partial charge on any atom is 0.354 e. The van der Waals surface area contributed by atoms with E-state index in [9.17, 15) is 9.00 Å². The molecule has 1 unspecified atom stereocenters. The van der Waals surface area contributed by atoms with Gasteiger partial charge in [-0.2, -0.15) is 0 Å². The molecule has 6 heteroatoms. The lowest BCUT2D eigenvalue weighted by Crippen LogP contribution is -2.35. The summed E-state index contributed by atoms with van der Waals surface area (Å²) < 4.78 is 16.2. The van der Waals surface area contributed by atoms with Crippen molar-refractivity contribution >= 4 is 21.6 Å². The van der Waals surface area contributed by atoms with Gasteiger partial charge in [-0.3, -0.25) is 0 Å². The minimum Gasteiger partial charge on any atom is -0.305 e. The van der Waals surface area contributed by atoms with Crippen LogP contribution in [-0.2, 0) is 35.6 Å². The number of anilines is 1. The molecule has 23 heavy (non-hydrogen) atoms. The molecule has 0 radical (unpaired) electrons. The summed E-state index contributed by atoms with van der Waals surface area (Å²) in [6.45, 7) is 0. The van der Waals surface area contributed by atoms with Gasteiger partial charge in [0.2, 0.25) is 0 Å². The van der Waals surface area contributed by atoms with Gasteiger partial charge < -0.3 is 5.32 Å². The molecule has 3 aliphatic carbocycles. The second kappa shape index (κ2) is 5.60. The van der Waals surface area contributed by atoms with Gasteiger partial charge in [-0.05, 0) is 73.6 Å². The number of amides is 2. The molecule has 1 aromatic rings. The number of benzene rings is 1. The number of carbonyl (C=O) groups excluding carboxylic acids is 1. The van der Waals surface area contributed by atoms with Gasteiger partial charge in [0.05, 0.1) is 5.25 Å². The first-order chi connectivity index (χ1) is 11.0. The number of fused-ring (bicyclic) bond motifs is 2. The van der Waals surface area contributed by atoms with E-state index in [1.165, 1.54) is 22.3 Å². The molecule has 5 nitrogen and oxygen atoms in total. The minimum absolute atomic E-state index is 0.125. The first-order valence-corrected chi connectivity index (χ1v) is 10.2. The third kappa shape index (κ3) is 2.68. The summed E-state index contributed by atoms with van der Waals surface area (Å²) in [6.07, 6.45) is 9.07. The molecular weight excluding hydrogens is 310 g/mol. The smallest absolute Gasteiger partial charge is 0.305 e. The number of nitrogens with zero attached hydrogens (tertiary/aromatic N) is 1. The zero-order valence-corrected chi connectivity index (χ0v) is 14.1. The molecule has 3 aliphatic rings. The highest BCUT2D eigenvalue weighted by Crippen LogP contribution is 2.38. The average molecular weight is 333 g/mol. The van der Waals surface area contributed by atoms with Crippen molar-refractivity contribution in [1.29, 1.82) is 0 Å². The van der Waals surface area contributed by atoms with Crippen LogP contribution in [0.4, 0.5) is 10.5 Å². The van der Waals surface area contributed by atoms with Gasteiger partial charge in [0.1, 0.15) is 9.92 Å². The lowest BCUT2D eigenvalue weighted by molar-refractivity contribution is 0.260. The SMILES string of the molecule is NS(=O)(=NC(=O)Nc1c2c(cc3c1CCC3)CCC2)C1CCC1. The van der Waals surface area contributed by atoms with Crippen LogP contribution in [0, 0.1) is 0 Å². The molecule has 0 aromatic heterocycles. The summed E-state index contributed by atoms with van der Waals surface area (Å²) >= 11 is 0. The zero-order valence-electron chi connectivity index (χ0n) is 13.3. The summed E-state index contributed by atoms with van der Waals surface area (Å²) in [5.41, 5.74) is 6.15. The first-order valence-electron chi connectivity index (χ1n) is 8.56. The van der Waals surface area contributed by atoms with Crippen molar-refractivity contribution in [2.45, 2.75) is 63.0 Å². The fraction of sp³-hybridized carbons (Fsp3) is 0.588. The lowest BCUT2D eigenvalue weighted by atomic mass is 9.99. The predicted molar refractivity (Wildman–Crippen MR) is 91.9 cm³/mol. The Balaban J connectivity index is 1.66. The van der Waals surface area contributed by atoms with Crippen LogP contribution in [0.3, 0.4) is 0 Å². The van der Waals surface area contributed by atoms with Crippen LogP contribution >= 0.6 is 0 Å². The third-order valence-electron chi connectivity index (χ3n) is 5.46. The molecule has 3 N–H and O–H groups in total. The molecule has 1 aromatic carbocycles. The zero-order chi connectivity index (χ0) is 16.0. The average Bonchev–Trinajstić information content (AvgIpc) is 3.02. The Bertz CT molecular complexity index is 757. The van der Waals surface area contributed by atoms with Crippen LogP contribution in [0.5, 0.6) is 0 Å². The molecule has 2 amide bonds. The highest BCUT2D eigenvalue weighted by atomic mass is 32.2. The summed E-state index contributed by atoms with van der Waals surface area (Å²) in [5, 5.41) is 8.61. The molecule has 1 fully saturated rings. The quantitative estimate of drug-likeness (QED) is 0.871. The fourth-order valence-corrected chi connectivity index (χ4v) is 5.47. The number of rotatable bonds is 2. The van der Waals surface area contributed by atoms with E-state index < -0.39 is 15.9 Å². The summed E-state index contributed by atoms with van der Waals surface area (Å²) in [7, 11) is -2.91. The van der Waals surface area contributed by atoms with Crippen LogP contribution in [0.25, 0.3) is 0 Å². The van der Waals surface area contributed by atoms with Crippen LogP contribution in [-0.4, -0.2) is 15.5 Å². The van der Waals surface area contributed by atoms with Crippen LogP contribution < -0.4 is 10.5 Å². The number of nitrogens with one attached hydrogen (secondary N) is 1. The molecule has 0 saturated heterocycles. The maximum atomic E-state index is 12.4. The predicted octanol–water partition coefficient (Wildman–Crippen LogP) is 3.09. The normalized spacial score (nSPS) is 22.0. The number of urea groups is 1. The molecule has 0 aliphatic heterocycles. The Kier molecular flexibility index (Phi) is 3.69. The molecule has 0 bridgehead atoms. The monoisotopic (exact) mass is 333 g/mol. The molecule has 1 atom stereocenters. The Morgan fingerprint density at radius 3 is 2.22 bits per heavy atom. The summed E-state index contributed by atoms with van der Waals surface area (Å²) in [5.74, 6) is 0. The minimum atomic E-state index is -2.91. The van der Waals surface area contributed by atoms with Gasteiger partial charge in [-0.15, -0.1) is 4.36 Å². The van der Waals surface area contributed by atoms with E-state index in [0.717, 1.165) is 63.5 Å². The van der Waals surface area contributed by atoms with Gasteiger partial charge in [0.15, 0.2) is 0 Å². The van der Waals surface area contributed by atoms with Gasteiger partial charge in [-0.25, -0.2) is 14.1 Å². The number of nitrogens with two attached hydrogens (primary N) is 1. The van der Waals surface area contributed by atoms with E-state index in [1.54, 1.807) is 0 Å². The Morgan fingerprint density at radius 1 is 1.09 bits per heavy atom. The Hall–Kier alpha value is -1.40. The van der Waals surface area contributed by atoms with Gasteiger partial charge in [0.25, 0.3) is 0 Å². The molecular formula is C17H23N3O2S. The number of hydrogen-bond acceptors (Lipinski definition) is 2. The standard InChI is InChI=1S/C17H23N3O2S/c18-23(22,13-6-3-7-13)20-17(21)19-16-14-8-1-4-11(14)10-12-5-2-9-15(12)16/h10,13H,1-9H2,(H3,18,19,20,21,22). The largest absolute Gasteiger partial charge is 0.354 e. The van der Waals surface area contributed by atoms with Crippen LogP contribution in [0.15, 0.2) is 10.4 Å². The number of hydrogen-bond donors (Lipinski definition) is 2. The second-order valence-electron chi connectivity index (χ2n) is 6.92. The maximum absolute atomic E-state index is 12.4. The highest BCUT2D eigenvalue weighted by Gasteiger charge is 2.29. The van der Waals surface area contributed by atoms with E-state index in [1.807, 2.05) is 0 Å². The summed E-state index contributed by atoms with van der Waals surface area (Å²) in [6, 6.07) is 1.77. The molecule has 0 spiro atoms. The van der Waals surface area contributed by atoms with E-state index in [4.69, 9.17) is 5.14 Å². The van der Waals surface area contributed by atoms with Gasteiger partial charge in [0, 0.05) is 5.69 Å². The topological polar surface area (TPSA) is 84.6 Å². The molecule has 1 saturated carbocycles. The summed E-state index contributed by atoms with van der Waals surface area (Å²) in [4.78, 5) is 12.3. The third-order valence-corrected chi connectivity index (χ3v) is 7.34. The van der Waals surface area contributed by atoms with E-state index >= 15 is 0 Å². The van der Waals surface area contributed by atoms with Crippen molar-refractivity contribution in [1.82, 2.24) is 0 Å². The van der Waals surface area contributed by atoms with E-state index in [2.05, 4.69) is 15.7 Å². The van der Waals surface area contributed by atoms with Crippen molar-refractivity contribution in [2.24, 2.45) is 9.50 Å². The van der Waals surface area contributed by atoms with Gasteiger partial charge in [-0.1, -0.05) is 12.5 Å². The Labute approximate surface area is 137 Å². The van der Waals surface area contributed by atoms with Crippen molar-refractivity contribution in [3.63, 3.8) is 0 Å². The van der Waals surface area contributed by atoms with E-state index in [0.29, 0.717) is 0 Å². The van der Waals surface area contributed by atoms with Crippen LogP contribution in [0.1, 0.15) is 54.4 Å². The lowest BCUT2D eigenvalue weighted by Gasteiger charge is -2.25. The number of carbonyl (C=O) groups is 1. The highest BCUT2D eigenvalue weighted by molar-refractivity contribution is 7.92. The first kappa shape index (κ1) is 15.1.